The molecular formula is C19H18FN7O3S. The molecule has 2 aromatic carbocycles. The number of aromatic nitrogens is 4. The summed E-state index contributed by atoms with van der Waals surface area (Å²) < 4.78 is 40.0. The average molecular weight is 443 g/mol. The molecule has 0 aliphatic rings. The molecule has 0 fully saturated rings. The van der Waals surface area contributed by atoms with Crippen LogP contribution in [0.15, 0.2) is 58.4 Å². The molecule has 4 rings (SSSR count). The number of benzene rings is 2. The van der Waals surface area contributed by atoms with Gasteiger partial charge in [-0.3, -0.25) is 9.13 Å². The van der Waals surface area contributed by atoms with E-state index in [0.717, 1.165) is 11.7 Å². The predicted octanol–water partition coefficient (Wildman–Crippen LogP) is 1.94. The SMILES string of the molecule is Cn1c(=O)n(C)c2cc(Nc3nc(Nc4ccc(S(N)(=O)=O)cc4)ncc3F)ccc21. The van der Waals surface area contributed by atoms with E-state index in [9.17, 15) is 17.6 Å². The van der Waals surface area contributed by atoms with E-state index in [1.54, 1.807) is 32.3 Å². The normalized spacial score (nSPS) is 11.6. The van der Waals surface area contributed by atoms with Gasteiger partial charge in [0.25, 0.3) is 0 Å². The summed E-state index contributed by atoms with van der Waals surface area (Å²) in [6, 6.07) is 10.8. The Balaban J connectivity index is 1.60. The Morgan fingerprint density at radius 2 is 1.61 bits per heavy atom. The fourth-order valence-corrected chi connectivity index (χ4v) is 3.61. The predicted molar refractivity (Wildman–Crippen MR) is 115 cm³/mol. The Labute approximate surface area is 176 Å². The van der Waals surface area contributed by atoms with Crippen LogP contribution in [0.3, 0.4) is 0 Å². The van der Waals surface area contributed by atoms with E-state index in [1.807, 2.05) is 0 Å². The fraction of sp³-hybridized carbons (Fsp3) is 0.105. The smallest absolute Gasteiger partial charge is 0.328 e. The van der Waals surface area contributed by atoms with Crippen molar-refractivity contribution in [2.75, 3.05) is 10.6 Å². The van der Waals surface area contributed by atoms with Crippen molar-refractivity contribution in [3.63, 3.8) is 0 Å². The van der Waals surface area contributed by atoms with Crippen molar-refractivity contribution in [2.45, 2.75) is 4.90 Å². The molecule has 2 aromatic heterocycles. The topological polar surface area (TPSA) is 137 Å². The number of sulfonamides is 1. The lowest BCUT2D eigenvalue weighted by Gasteiger charge is -2.10. The first-order valence-corrected chi connectivity index (χ1v) is 10.5. The number of nitrogens with zero attached hydrogens (tertiary/aromatic N) is 4. The Morgan fingerprint density at radius 3 is 2.29 bits per heavy atom. The molecule has 0 atom stereocenters. The van der Waals surface area contributed by atoms with Crippen LogP contribution >= 0.6 is 0 Å². The summed E-state index contributed by atoms with van der Waals surface area (Å²) in [5.74, 6) is -0.642. The number of imidazole rings is 1. The summed E-state index contributed by atoms with van der Waals surface area (Å²) in [5.41, 5.74) is 2.28. The standard InChI is InChI=1S/C19H18FN7O3S/c1-26-15-8-5-12(9-16(15)27(2)19(26)28)23-17-14(20)10-22-18(25-17)24-11-3-6-13(7-4-11)31(21,29)30/h3-10H,1-2H3,(H2,21,29,30)(H2,22,23,24,25). The number of halogens is 1. The molecule has 31 heavy (non-hydrogen) atoms. The quantitative estimate of drug-likeness (QED) is 0.429. The van der Waals surface area contributed by atoms with Gasteiger partial charge in [0.05, 0.1) is 22.1 Å². The number of hydrogen-bond acceptors (Lipinski definition) is 7. The Kier molecular flexibility index (Phi) is 4.95. The highest BCUT2D eigenvalue weighted by atomic mass is 32.2. The first kappa shape index (κ1) is 20.5. The molecule has 2 heterocycles. The molecule has 0 radical (unpaired) electrons. The van der Waals surface area contributed by atoms with Gasteiger partial charge in [-0.2, -0.15) is 4.98 Å². The highest BCUT2D eigenvalue weighted by molar-refractivity contribution is 7.89. The van der Waals surface area contributed by atoms with Crippen molar-refractivity contribution in [3.05, 3.63) is 65.0 Å². The minimum atomic E-state index is -3.80. The molecule has 0 aliphatic carbocycles. The number of nitrogens with two attached hydrogens (primary N) is 1. The second-order valence-electron chi connectivity index (χ2n) is 6.81. The minimum absolute atomic E-state index is 0.0360. The highest BCUT2D eigenvalue weighted by Gasteiger charge is 2.12. The Bertz CT molecular complexity index is 1460. The van der Waals surface area contributed by atoms with Crippen LogP contribution in [-0.4, -0.2) is 27.5 Å². The molecule has 0 amide bonds. The van der Waals surface area contributed by atoms with E-state index in [2.05, 4.69) is 20.6 Å². The summed E-state index contributed by atoms with van der Waals surface area (Å²) >= 11 is 0. The second kappa shape index (κ2) is 7.49. The van der Waals surface area contributed by atoms with Gasteiger partial charge in [0.15, 0.2) is 11.6 Å². The Hall–Kier alpha value is -3.77. The summed E-state index contributed by atoms with van der Waals surface area (Å²) in [5, 5.41) is 10.8. The van der Waals surface area contributed by atoms with Crippen LogP contribution in [0.1, 0.15) is 0 Å². The van der Waals surface area contributed by atoms with Crippen LogP contribution in [0.2, 0.25) is 0 Å². The van der Waals surface area contributed by atoms with Crippen LogP contribution in [0, 0.1) is 5.82 Å². The lowest BCUT2D eigenvalue weighted by Crippen LogP contribution is -2.19. The zero-order chi connectivity index (χ0) is 22.3. The fourth-order valence-electron chi connectivity index (χ4n) is 3.09. The third-order valence-electron chi connectivity index (χ3n) is 4.72. The van der Waals surface area contributed by atoms with Gasteiger partial charge in [-0.15, -0.1) is 0 Å². The van der Waals surface area contributed by atoms with Crippen molar-refractivity contribution in [2.24, 2.45) is 19.2 Å². The molecule has 160 valence electrons. The van der Waals surface area contributed by atoms with Gasteiger partial charge < -0.3 is 10.6 Å². The number of nitrogens with one attached hydrogen (secondary N) is 2. The van der Waals surface area contributed by atoms with Crippen LogP contribution in [-0.2, 0) is 24.1 Å². The maximum Gasteiger partial charge on any atom is 0.328 e. The molecular weight excluding hydrogens is 425 g/mol. The minimum Gasteiger partial charge on any atom is -0.338 e. The molecule has 0 unspecified atom stereocenters. The first-order chi connectivity index (χ1) is 14.6. The van der Waals surface area contributed by atoms with Gasteiger partial charge in [-0.1, -0.05) is 0 Å². The van der Waals surface area contributed by atoms with E-state index in [1.165, 1.54) is 33.4 Å². The van der Waals surface area contributed by atoms with Crippen LogP contribution < -0.4 is 21.5 Å². The number of rotatable bonds is 5. The van der Waals surface area contributed by atoms with Gasteiger partial charge in [0.2, 0.25) is 16.0 Å². The van der Waals surface area contributed by atoms with E-state index >= 15 is 0 Å². The zero-order valence-corrected chi connectivity index (χ0v) is 17.3. The number of fused-ring (bicyclic) bond motifs is 1. The molecule has 0 saturated carbocycles. The maximum absolute atomic E-state index is 14.3. The third kappa shape index (κ3) is 3.98. The molecule has 12 heteroatoms. The maximum atomic E-state index is 14.3. The van der Waals surface area contributed by atoms with Crippen molar-refractivity contribution in [1.29, 1.82) is 0 Å². The van der Waals surface area contributed by atoms with Crippen molar-refractivity contribution in [1.82, 2.24) is 19.1 Å². The molecule has 0 bridgehead atoms. The van der Waals surface area contributed by atoms with Crippen LogP contribution in [0.5, 0.6) is 0 Å². The largest absolute Gasteiger partial charge is 0.338 e. The lowest BCUT2D eigenvalue weighted by molar-refractivity contribution is 0.598. The lowest BCUT2D eigenvalue weighted by atomic mass is 10.2. The van der Waals surface area contributed by atoms with Crippen LogP contribution in [0.25, 0.3) is 11.0 Å². The molecule has 0 aliphatic heterocycles. The Morgan fingerprint density at radius 1 is 0.968 bits per heavy atom. The van der Waals surface area contributed by atoms with E-state index in [-0.39, 0.29) is 22.4 Å². The first-order valence-electron chi connectivity index (χ1n) is 8.98. The van der Waals surface area contributed by atoms with Crippen molar-refractivity contribution >= 4 is 44.2 Å². The summed E-state index contributed by atoms with van der Waals surface area (Å²) in [4.78, 5) is 20.1. The number of aryl methyl sites for hydroxylation is 2. The summed E-state index contributed by atoms with van der Waals surface area (Å²) in [7, 11) is -0.469. The second-order valence-corrected chi connectivity index (χ2v) is 8.38. The summed E-state index contributed by atoms with van der Waals surface area (Å²) in [6.07, 6.45) is 1.01. The molecule has 4 N–H and O–H groups in total. The van der Waals surface area contributed by atoms with Gasteiger partial charge in [0, 0.05) is 25.5 Å². The molecule has 4 aromatic rings. The number of hydrogen-bond donors (Lipinski definition) is 3. The van der Waals surface area contributed by atoms with Gasteiger partial charge >= 0.3 is 5.69 Å². The van der Waals surface area contributed by atoms with Gasteiger partial charge in [0.1, 0.15) is 0 Å². The molecule has 0 saturated heterocycles. The third-order valence-corrected chi connectivity index (χ3v) is 5.65. The highest BCUT2D eigenvalue weighted by Crippen LogP contribution is 2.23. The average Bonchev–Trinajstić information content (AvgIpc) is 2.94. The summed E-state index contributed by atoms with van der Waals surface area (Å²) in [6.45, 7) is 0. The zero-order valence-electron chi connectivity index (χ0n) is 16.5. The van der Waals surface area contributed by atoms with Crippen molar-refractivity contribution in [3.8, 4) is 0 Å². The number of primary sulfonamides is 1. The van der Waals surface area contributed by atoms with Crippen LogP contribution in [0.4, 0.5) is 27.5 Å². The van der Waals surface area contributed by atoms with E-state index < -0.39 is 15.8 Å². The van der Waals surface area contributed by atoms with Gasteiger partial charge in [-0.05, 0) is 42.5 Å². The van der Waals surface area contributed by atoms with E-state index in [0.29, 0.717) is 16.9 Å². The van der Waals surface area contributed by atoms with E-state index in [4.69, 9.17) is 5.14 Å². The molecule has 10 nitrogen and oxygen atoms in total. The number of anilines is 4. The molecule has 0 spiro atoms. The van der Waals surface area contributed by atoms with Crippen molar-refractivity contribution < 1.29 is 12.8 Å². The monoisotopic (exact) mass is 443 g/mol. The van der Waals surface area contributed by atoms with Gasteiger partial charge in [-0.25, -0.2) is 27.7 Å².